The molecule has 0 unspecified atom stereocenters. The predicted molar refractivity (Wildman–Crippen MR) is 39.6 cm³/mol. The molecule has 5 heteroatoms. The van der Waals surface area contributed by atoms with E-state index in [1.165, 1.54) is 6.08 Å². The molecular formula is C7H11F2NO2. The molecule has 0 bridgehead atoms. The standard InChI is InChI=1S/C7H11F2NO2/c1-2-3-4-7(8,9)6(12)10-5-11/h2,11H,1,3-5H2,(H,10,12). The molecule has 1 amide bonds. The van der Waals surface area contributed by atoms with Gasteiger partial charge in [0.25, 0.3) is 5.91 Å². The Morgan fingerprint density at radius 2 is 2.25 bits per heavy atom. The van der Waals surface area contributed by atoms with Crippen LogP contribution in [0.1, 0.15) is 12.8 Å². The first kappa shape index (κ1) is 11.0. The first-order valence-electron chi connectivity index (χ1n) is 3.42. The van der Waals surface area contributed by atoms with Gasteiger partial charge in [-0.2, -0.15) is 8.78 Å². The number of rotatable bonds is 5. The van der Waals surface area contributed by atoms with Crippen molar-refractivity contribution in [2.24, 2.45) is 0 Å². The Bertz CT molecular complexity index is 171. The van der Waals surface area contributed by atoms with Crippen molar-refractivity contribution in [1.29, 1.82) is 0 Å². The van der Waals surface area contributed by atoms with Crippen molar-refractivity contribution in [1.82, 2.24) is 5.32 Å². The molecule has 0 aliphatic carbocycles. The molecular weight excluding hydrogens is 168 g/mol. The summed E-state index contributed by atoms with van der Waals surface area (Å²) in [6.07, 6.45) is 0.786. The fourth-order valence-electron chi connectivity index (χ4n) is 0.598. The molecule has 0 aromatic carbocycles. The molecule has 0 saturated heterocycles. The SMILES string of the molecule is C=CCCC(F)(F)C(=O)NCO. The number of alkyl halides is 2. The van der Waals surface area contributed by atoms with Crippen molar-refractivity contribution < 1.29 is 18.7 Å². The van der Waals surface area contributed by atoms with Crippen LogP contribution in [0.15, 0.2) is 12.7 Å². The third kappa shape index (κ3) is 3.43. The number of hydrogen-bond acceptors (Lipinski definition) is 2. The Labute approximate surface area is 69.1 Å². The second-order valence-corrected chi connectivity index (χ2v) is 2.20. The van der Waals surface area contributed by atoms with Gasteiger partial charge in [0.2, 0.25) is 0 Å². The van der Waals surface area contributed by atoms with Crippen molar-refractivity contribution in [3.05, 3.63) is 12.7 Å². The summed E-state index contributed by atoms with van der Waals surface area (Å²) in [5.74, 6) is -4.87. The number of aliphatic hydroxyl groups excluding tert-OH is 1. The lowest BCUT2D eigenvalue weighted by molar-refractivity contribution is -0.147. The molecule has 0 aliphatic rings. The van der Waals surface area contributed by atoms with Crippen LogP contribution in [0, 0.1) is 0 Å². The van der Waals surface area contributed by atoms with Gasteiger partial charge in [-0.25, -0.2) is 0 Å². The summed E-state index contributed by atoms with van der Waals surface area (Å²) < 4.78 is 25.2. The number of carbonyl (C=O) groups excluding carboxylic acids is 1. The highest BCUT2D eigenvalue weighted by Gasteiger charge is 2.37. The maximum Gasteiger partial charge on any atom is 0.324 e. The van der Waals surface area contributed by atoms with E-state index >= 15 is 0 Å². The minimum absolute atomic E-state index is 0.0614. The Balaban J connectivity index is 3.98. The largest absolute Gasteiger partial charge is 0.376 e. The normalized spacial score (nSPS) is 10.9. The number of allylic oxidation sites excluding steroid dienone is 1. The molecule has 0 radical (unpaired) electrons. The van der Waals surface area contributed by atoms with E-state index in [2.05, 4.69) is 6.58 Å². The van der Waals surface area contributed by atoms with Crippen molar-refractivity contribution in [2.45, 2.75) is 18.8 Å². The molecule has 0 spiro atoms. The van der Waals surface area contributed by atoms with Crippen molar-refractivity contribution in [3.8, 4) is 0 Å². The van der Waals surface area contributed by atoms with Gasteiger partial charge in [-0.05, 0) is 6.42 Å². The lowest BCUT2D eigenvalue weighted by Gasteiger charge is -2.13. The summed E-state index contributed by atoms with van der Waals surface area (Å²) in [6, 6.07) is 0. The third-order valence-electron chi connectivity index (χ3n) is 1.23. The van der Waals surface area contributed by atoms with Gasteiger partial charge >= 0.3 is 5.92 Å². The second-order valence-electron chi connectivity index (χ2n) is 2.20. The zero-order valence-electron chi connectivity index (χ0n) is 6.52. The fourth-order valence-corrected chi connectivity index (χ4v) is 0.598. The zero-order chi connectivity index (χ0) is 9.61. The average Bonchev–Trinajstić information content (AvgIpc) is 2.01. The highest BCUT2D eigenvalue weighted by molar-refractivity contribution is 5.83. The number of carbonyl (C=O) groups is 1. The summed E-state index contributed by atoms with van der Waals surface area (Å²) in [6.45, 7) is 2.48. The quantitative estimate of drug-likeness (QED) is 0.481. The molecule has 0 rings (SSSR count). The van der Waals surface area contributed by atoms with Crippen LogP contribution in [0.5, 0.6) is 0 Å². The highest BCUT2D eigenvalue weighted by Crippen LogP contribution is 2.20. The molecule has 3 nitrogen and oxygen atoms in total. The molecule has 2 N–H and O–H groups in total. The van der Waals surface area contributed by atoms with Crippen LogP contribution in [0.25, 0.3) is 0 Å². The number of halogens is 2. The van der Waals surface area contributed by atoms with Gasteiger partial charge in [-0.1, -0.05) is 6.08 Å². The van der Waals surface area contributed by atoms with E-state index in [4.69, 9.17) is 5.11 Å². The van der Waals surface area contributed by atoms with E-state index in [1.807, 2.05) is 0 Å². The van der Waals surface area contributed by atoms with E-state index in [1.54, 1.807) is 5.32 Å². The fraction of sp³-hybridized carbons (Fsp3) is 0.571. The summed E-state index contributed by atoms with van der Waals surface area (Å²) in [4.78, 5) is 10.5. The Hall–Kier alpha value is -0.970. The van der Waals surface area contributed by atoms with Gasteiger partial charge < -0.3 is 10.4 Å². The van der Waals surface area contributed by atoms with Gasteiger partial charge in [0.05, 0.1) is 0 Å². The Morgan fingerprint density at radius 3 is 2.67 bits per heavy atom. The van der Waals surface area contributed by atoms with Crippen molar-refractivity contribution >= 4 is 5.91 Å². The summed E-state index contributed by atoms with van der Waals surface area (Å²) in [5.41, 5.74) is 0. The lowest BCUT2D eigenvalue weighted by Crippen LogP contribution is -2.40. The first-order chi connectivity index (χ1) is 5.54. The summed E-state index contributed by atoms with van der Waals surface area (Å²) in [7, 11) is 0. The van der Waals surface area contributed by atoms with Crippen molar-refractivity contribution in [3.63, 3.8) is 0 Å². The van der Waals surface area contributed by atoms with E-state index in [0.29, 0.717) is 0 Å². The van der Waals surface area contributed by atoms with Gasteiger partial charge in [-0.3, -0.25) is 4.79 Å². The van der Waals surface area contributed by atoms with Gasteiger partial charge in [0.15, 0.2) is 0 Å². The molecule has 0 saturated carbocycles. The molecule has 0 fully saturated rings. The van der Waals surface area contributed by atoms with Gasteiger partial charge in [0.1, 0.15) is 6.73 Å². The van der Waals surface area contributed by atoms with Gasteiger partial charge in [0, 0.05) is 6.42 Å². The van der Waals surface area contributed by atoms with Crippen LogP contribution in [-0.4, -0.2) is 23.7 Å². The topological polar surface area (TPSA) is 49.3 Å². The highest BCUT2D eigenvalue weighted by atomic mass is 19.3. The van der Waals surface area contributed by atoms with E-state index in [9.17, 15) is 13.6 Å². The second kappa shape index (κ2) is 4.82. The number of amides is 1. The van der Waals surface area contributed by atoms with Crippen LogP contribution in [0.3, 0.4) is 0 Å². The molecule has 0 aromatic rings. The Morgan fingerprint density at radius 1 is 1.67 bits per heavy atom. The zero-order valence-corrected chi connectivity index (χ0v) is 6.52. The van der Waals surface area contributed by atoms with Crippen LogP contribution < -0.4 is 5.32 Å². The molecule has 12 heavy (non-hydrogen) atoms. The first-order valence-corrected chi connectivity index (χ1v) is 3.42. The van der Waals surface area contributed by atoms with Crippen molar-refractivity contribution in [2.75, 3.05) is 6.73 Å². The Kier molecular flexibility index (Phi) is 4.43. The van der Waals surface area contributed by atoms with E-state index < -0.39 is 25.0 Å². The number of nitrogens with one attached hydrogen (secondary N) is 1. The lowest BCUT2D eigenvalue weighted by atomic mass is 10.2. The molecule has 0 aromatic heterocycles. The molecule has 0 heterocycles. The van der Waals surface area contributed by atoms with Crippen LogP contribution in [0.2, 0.25) is 0 Å². The number of hydrogen-bond donors (Lipinski definition) is 2. The molecule has 0 aliphatic heterocycles. The molecule has 0 atom stereocenters. The van der Waals surface area contributed by atoms with E-state index in [0.717, 1.165) is 0 Å². The third-order valence-corrected chi connectivity index (χ3v) is 1.23. The minimum atomic E-state index is -3.42. The summed E-state index contributed by atoms with van der Waals surface area (Å²) >= 11 is 0. The van der Waals surface area contributed by atoms with Crippen LogP contribution >= 0.6 is 0 Å². The molecule has 70 valence electrons. The van der Waals surface area contributed by atoms with Gasteiger partial charge in [-0.15, -0.1) is 6.58 Å². The maximum absolute atomic E-state index is 12.6. The van der Waals surface area contributed by atoms with Crippen LogP contribution in [0.4, 0.5) is 8.78 Å². The van der Waals surface area contributed by atoms with E-state index in [-0.39, 0.29) is 6.42 Å². The number of aliphatic hydroxyl groups is 1. The van der Waals surface area contributed by atoms with Crippen LogP contribution in [-0.2, 0) is 4.79 Å². The predicted octanol–water partition coefficient (Wildman–Crippen LogP) is 0.654. The monoisotopic (exact) mass is 179 g/mol. The average molecular weight is 179 g/mol. The smallest absolute Gasteiger partial charge is 0.324 e. The maximum atomic E-state index is 12.6. The minimum Gasteiger partial charge on any atom is -0.376 e. The summed E-state index contributed by atoms with van der Waals surface area (Å²) in [5, 5.41) is 9.77.